The predicted octanol–water partition coefficient (Wildman–Crippen LogP) is 4.64. The summed E-state index contributed by atoms with van der Waals surface area (Å²) in [6, 6.07) is 8.98. The van der Waals surface area contributed by atoms with Crippen molar-refractivity contribution in [1.29, 1.82) is 0 Å². The molecule has 3 rings (SSSR count). The molecule has 2 aromatic heterocycles. The van der Waals surface area contributed by atoms with Gasteiger partial charge in [0.1, 0.15) is 11.5 Å². The monoisotopic (exact) mass is 356 g/mol. The Hall–Kier alpha value is -2.86. The van der Waals surface area contributed by atoms with Crippen molar-refractivity contribution in [3.63, 3.8) is 0 Å². The van der Waals surface area contributed by atoms with Gasteiger partial charge >= 0.3 is 0 Å². The van der Waals surface area contributed by atoms with Crippen LogP contribution in [-0.4, -0.2) is 16.0 Å². The fourth-order valence-electron chi connectivity index (χ4n) is 2.46. The highest BCUT2D eigenvalue weighted by Gasteiger charge is 2.12. The number of amides is 1. The molecule has 0 bridgehead atoms. The van der Waals surface area contributed by atoms with Crippen molar-refractivity contribution in [1.82, 2.24) is 10.1 Å². The summed E-state index contributed by atoms with van der Waals surface area (Å²) in [6.07, 6.45) is 1.56. The molecule has 0 fully saturated rings. The van der Waals surface area contributed by atoms with E-state index in [2.05, 4.69) is 20.8 Å². The van der Waals surface area contributed by atoms with Gasteiger partial charge in [-0.1, -0.05) is 22.8 Å². The van der Waals surface area contributed by atoms with Crippen molar-refractivity contribution >= 4 is 34.7 Å². The topological polar surface area (TPSA) is 80.0 Å². The Morgan fingerprint density at radius 2 is 1.96 bits per heavy atom. The molecular weight excluding hydrogens is 340 g/mol. The number of rotatable bonds is 4. The second-order valence-electron chi connectivity index (χ2n) is 5.77. The number of hydrogen-bond donors (Lipinski definition) is 2. The molecule has 1 amide bonds. The summed E-state index contributed by atoms with van der Waals surface area (Å²) in [5.41, 5.74) is 3.88. The zero-order valence-corrected chi connectivity index (χ0v) is 14.8. The van der Waals surface area contributed by atoms with Crippen LogP contribution < -0.4 is 10.6 Å². The van der Waals surface area contributed by atoms with Gasteiger partial charge in [-0.2, -0.15) is 0 Å². The smallest absolute Gasteiger partial charge is 0.275 e. The van der Waals surface area contributed by atoms with Gasteiger partial charge in [0, 0.05) is 18.0 Å². The van der Waals surface area contributed by atoms with Crippen LogP contribution in [0, 0.1) is 20.8 Å². The Morgan fingerprint density at radius 1 is 1.16 bits per heavy atom. The van der Waals surface area contributed by atoms with Crippen molar-refractivity contribution in [3.05, 3.63) is 64.1 Å². The first-order chi connectivity index (χ1) is 11.9. The van der Waals surface area contributed by atoms with E-state index in [4.69, 9.17) is 16.1 Å². The van der Waals surface area contributed by atoms with Gasteiger partial charge in [-0.15, -0.1) is 0 Å². The van der Waals surface area contributed by atoms with Crippen LogP contribution in [0.5, 0.6) is 0 Å². The van der Waals surface area contributed by atoms with Crippen LogP contribution in [0.1, 0.15) is 27.4 Å². The van der Waals surface area contributed by atoms with Gasteiger partial charge in [-0.05, 0) is 50.1 Å². The molecule has 128 valence electrons. The van der Waals surface area contributed by atoms with Crippen molar-refractivity contribution in [2.24, 2.45) is 0 Å². The molecule has 25 heavy (non-hydrogen) atoms. The second kappa shape index (κ2) is 6.94. The van der Waals surface area contributed by atoms with Gasteiger partial charge in [-0.3, -0.25) is 9.78 Å². The van der Waals surface area contributed by atoms with E-state index in [-0.39, 0.29) is 11.6 Å². The normalized spacial score (nSPS) is 10.6. The number of nitrogens with one attached hydrogen (secondary N) is 2. The fraction of sp³-hybridized carbons (Fsp3) is 0.167. The highest BCUT2D eigenvalue weighted by atomic mass is 35.5. The number of nitrogens with zero attached hydrogens (tertiary/aromatic N) is 2. The Morgan fingerprint density at radius 3 is 2.64 bits per heavy atom. The highest BCUT2D eigenvalue weighted by molar-refractivity contribution is 6.33. The van der Waals surface area contributed by atoms with Gasteiger partial charge in [0.2, 0.25) is 0 Å². The molecule has 0 spiro atoms. The summed E-state index contributed by atoms with van der Waals surface area (Å²) >= 11 is 6.32. The third-order valence-corrected chi connectivity index (χ3v) is 3.86. The van der Waals surface area contributed by atoms with Crippen LogP contribution in [-0.2, 0) is 0 Å². The molecule has 0 saturated heterocycles. The summed E-state index contributed by atoms with van der Waals surface area (Å²) < 4.78 is 4.93. The minimum Gasteiger partial charge on any atom is -0.360 e. The number of anilines is 3. The second-order valence-corrected chi connectivity index (χ2v) is 6.18. The lowest BCUT2D eigenvalue weighted by atomic mass is 10.1. The van der Waals surface area contributed by atoms with Gasteiger partial charge in [0.25, 0.3) is 5.91 Å². The van der Waals surface area contributed by atoms with Crippen LogP contribution >= 0.6 is 11.6 Å². The minimum atomic E-state index is -0.372. The van der Waals surface area contributed by atoms with Crippen LogP contribution in [0.2, 0.25) is 5.02 Å². The summed E-state index contributed by atoms with van der Waals surface area (Å²) in [5, 5.41) is 10.2. The molecule has 0 aliphatic heterocycles. The minimum absolute atomic E-state index is 0.256. The average molecular weight is 357 g/mol. The lowest BCUT2D eigenvalue weighted by Gasteiger charge is -2.13. The molecule has 6 nitrogen and oxygen atoms in total. The molecule has 3 aromatic rings. The van der Waals surface area contributed by atoms with E-state index in [0.717, 1.165) is 16.8 Å². The summed E-state index contributed by atoms with van der Waals surface area (Å²) in [6.45, 7) is 5.71. The van der Waals surface area contributed by atoms with E-state index < -0.39 is 0 Å². The van der Waals surface area contributed by atoms with Gasteiger partial charge in [0.15, 0.2) is 5.82 Å². The third-order valence-electron chi connectivity index (χ3n) is 3.56. The largest absolute Gasteiger partial charge is 0.360 e. The van der Waals surface area contributed by atoms with Gasteiger partial charge < -0.3 is 15.2 Å². The van der Waals surface area contributed by atoms with Crippen molar-refractivity contribution in [3.8, 4) is 0 Å². The maximum absolute atomic E-state index is 12.3. The first kappa shape index (κ1) is 17.0. The molecule has 1 aromatic carbocycles. The number of benzene rings is 1. The fourth-order valence-corrected chi connectivity index (χ4v) is 2.82. The molecule has 0 unspecified atom stereocenters. The molecule has 0 atom stereocenters. The van der Waals surface area contributed by atoms with Crippen LogP contribution in [0.4, 0.5) is 17.2 Å². The number of halogens is 1. The lowest BCUT2D eigenvalue weighted by molar-refractivity contribution is 0.102. The number of hydrogen-bond acceptors (Lipinski definition) is 5. The summed E-state index contributed by atoms with van der Waals surface area (Å²) in [5.74, 6) is 0.590. The van der Waals surface area contributed by atoms with E-state index in [1.54, 1.807) is 31.3 Å². The van der Waals surface area contributed by atoms with E-state index in [1.165, 1.54) is 0 Å². The van der Waals surface area contributed by atoms with Crippen molar-refractivity contribution < 1.29 is 9.32 Å². The first-order valence-corrected chi connectivity index (χ1v) is 8.04. The van der Waals surface area contributed by atoms with Crippen LogP contribution in [0.15, 0.2) is 41.1 Å². The van der Waals surface area contributed by atoms with E-state index >= 15 is 0 Å². The van der Waals surface area contributed by atoms with Crippen molar-refractivity contribution in [2.75, 3.05) is 10.6 Å². The number of aromatic nitrogens is 2. The number of carbonyl (C=O) groups is 1. The molecule has 0 radical (unpaired) electrons. The van der Waals surface area contributed by atoms with Crippen molar-refractivity contribution in [2.45, 2.75) is 20.8 Å². The molecule has 0 saturated carbocycles. The lowest BCUT2D eigenvalue weighted by Crippen LogP contribution is -2.14. The average Bonchev–Trinajstić information content (AvgIpc) is 2.96. The van der Waals surface area contributed by atoms with Gasteiger partial charge in [0.05, 0.1) is 10.7 Å². The zero-order chi connectivity index (χ0) is 18.0. The number of pyridine rings is 1. The summed E-state index contributed by atoms with van der Waals surface area (Å²) in [4.78, 5) is 16.4. The highest BCUT2D eigenvalue weighted by Crippen LogP contribution is 2.30. The molecule has 0 aliphatic rings. The standard InChI is InChI=1S/C18H17ClN4O2/c1-10-6-11(2)17(14(19)7-10)21-13-4-5-20-15(9-13)18(24)22-16-8-12(3)25-23-16/h4-9H,1-3H3,(H,20,21)(H,22,23,24). The zero-order valence-electron chi connectivity index (χ0n) is 14.1. The Bertz CT molecular complexity index is 913. The SMILES string of the molecule is Cc1cc(C)c(Nc2ccnc(C(=O)Nc3cc(C)on3)c2)c(Cl)c1. The molecular formula is C18H17ClN4O2. The third kappa shape index (κ3) is 3.97. The predicted molar refractivity (Wildman–Crippen MR) is 97.6 cm³/mol. The van der Waals surface area contributed by atoms with E-state index in [9.17, 15) is 4.79 Å². The van der Waals surface area contributed by atoms with E-state index in [0.29, 0.717) is 22.3 Å². The molecule has 7 heteroatoms. The summed E-state index contributed by atoms with van der Waals surface area (Å²) in [7, 11) is 0. The Labute approximate surface area is 150 Å². The van der Waals surface area contributed by atoms with Gasteiger partial charge in [-0.25, -0.2) is 0 Å². The molecule has 0 aliphatic carbocycles. The van der Waals surface area contributed by atoms with E-state index in [1.807, 2.05) is 26.0 Å². The quantitative estimate of drug-likeness (QED) is 0.711. The first-order valence-electron chi connectivity index (χ1n) is 7.67. The molecule has 2 heterocycles. The number of aryl methyl sites for hydroxylation is 3. The Balaban J connectivity index is 1.81. The Kier molecular flexibility index (Phi) is 4.72. The number of carbonyl (C=O) groups excluding carboxylic acids is 1. The van der Waals surface area contributed by atoms with Crippen LogP contribution in [0.25, 0.3) is 0 Å². The maximum atomic E-state index is 12.3. The maximum Gasteiger partial charge on any atom is 0.275 e. The van der Waals surface area contributed by atoms with Crippen LogP contribution in [0.3, 0.4) is 0 Å². The molecule has 2 N–H and O–H groups in total.